The fraction of sp³-hybridized carbons (Fsp3) is 0.583. The van der Waals surface area contributed by atoms with Gasteiger partial charge >= 0.3 is 6.03 Å². The fourth-order valence-corrected chi connectivity index (χ4v) is 5.41. The number of hydrogen-bond donors (Lipinski definition) is 2. The van der Waals surface area contributed by atoms with Gasteiger partial charge in [-0.25, -0.2) is 4.79 Å². The van der Waals surface area contributed by atoms with Gasteiger partial charge in [-0.1, -0.05) is 32.9 Å². The van der Waals surface area contributed by atoms with Crippen molar-refractivity contribution in [3.05, 3.63) is 29.8 Å². The van der Waals surface area contributed by atoms with Gasteiger partial charge in [0.2, 0.25) is 11.8 Å². The highest BCUT2D eigenvalue weighted by Gasteiger charge is 2.56. The smallest absolute Gasteiger partial charge is 0.325 e. The van der Waals surface area contributed by atoms with Crippen LogP contribution in [0.2, 0.25) is 0 Å². The maximum Gasteiger partial charge on any atom is 0.325 e. The van der Waals surface area contributed by atoms with E-state index < -0.39 is 17.5 Å². The van der Waals surface area contributed by atoms with Crippen molar-refractivity contribution in [2.75, 3.05) is 18.4 Å². The quantitative estimate of drug-likeness (QED) is 0.661. The van der Waals surface area contributed by atoms with Gasteiger partial charge in [0, 0.05) is 25.7 Å². The molecule has 0 radical (unpaired) electrons. The third-order valence-electron chi connectivity index (χ3n) is 6.34. The lowest BCUT2D eigenvalue weighted by molar-refractivity contribution is -0.136. The predicted octanol–water partition coefficient (Wildman–Crippen LogP) is 3.13. The molecule has 8 heteroatoms. The molecule has 3 rings (SSSR count). The molecule has 174 valence electrons. The molecule has 2 aliphatic rings. The summed E-state index contributed by atoms with van der Waals surface area (Å²) in [5.41, 5.74) is 0.453. The molecule has 0 bridgehead atoms. The number of rotatable bonds is 6. The summed E-state index contributed by atoms with van der Waals surface area (Å²) in [6.07, 6.45) is 2.15. The predicted molar refractivity (Wildman–Crippen MR) is 122 cm³/mol. The SMILES string of the molecule is CCN(Cc1cccc(NC(=O)CN2C(=O)NC3(CC(C)CC(C)(C)C3)C2=O)c1)C(C)=O. The molecule has 1 saturated carbocycles. The largest absolute Gasteiger partial charge is 0.339 e. The van der Waals surface area contributed by atoms with Gasteiger partial charge in [-0.05, 0) is 55.2 Å². The number of hydrogen-bond acceptors (Lipinski definition) is 4. The highest BCUT2D eigenvalue weighted by atomic mass is 16.2. The number of urea groups is 1. The van der Waals surface area contributed by atoms with Crippen molar-refractivity contribution < 1.29 is 19.2 Å². The Morgan fingerprint density at radius 3 is 2.59 bits per heavy atom. The zero-order valence-corrected chi connectivity index (χ0v) is 19.7. The number of imide groups is 1. The average molecular weight is 443 g/mol. The Bertz CT molecular complexity index is 928. The van der Waals surface area contributed by atoms with Crippen molar-refractivity contribution >= 4 is 29.4 Å². The molecule has 2 atom stereocenters. The summed E-state index contributed by atoms with van der Waals surface area (Å²) in [5.74, 6) is -0.470. The first-order chi connectivity index (χ1) is 14.9. The Morgan fingerprint density at radius 1 is 1.25 bits per heavy atom. The molecule has 1 aromatic rings. The van der Waals surface area contributed by atoms with Crippen LogP contribution in [-0.4, -0.2) is 52.2 Å². The van der Waals surface area contributed by atoms with E-state index in [9.17, 15) is 19.2 Å². The van der Waals surface area contributed by atoms with Crippen LogP contribution in [0.15, 0.2) is 24.3 Å². The Morgan fingerprint density at radius 2 is 1.97 bits per heavy atom. The van der Waals surface area contributed by atoms with E-state index in [0.29, 0.717) is 37.5 Å². The van der Waals surface area contributed by atoms with Gasteiger partial charge in [0.1, 0.15) is 12.1 Å². The second-order valence-electron chi connectivity index (χ2n) is 10.0. The molecule has 1 saturated heterocycles. The van der Waals surface area contributed by atoms with E-state index in [2.05, 4.69) is 31.4 Å². The Hall–Kier alpha value is -2.90. The Balaban J connectivity index is 1.66. The molecule has 8 nitrogen and oxygen atoms in total. The maximum absolute atomic E-state index is 13.2. The molecule has 2 fully saturated rings. The Kier molecular flexibility index (Phi) is 6.62. The first kappa shape index (κ1) is 23.8. The number of nitrogens with zero attached hydrogens (tertiary/aromatic N) is 2. The van der Waals surface area contributed by atoms with E-state index in [0.717, 1.165) is 16.9 Å². The van der Waals surface area contributed by atoms with E-state index in [4.69, 9.17) is 0 Å². The highest BCUT2D eigenvalue weighted by molar-refractivity contribution is 6.10. The standard InChI is InChI=1S/C24H34N4O4/c1-6-27(17(3)29)13-18-8-7-9-19(10-18)25-20(30)14-28-21(31)24(26-22(28)32)12-16(2)11-23(4,5)15-24/h7-10,16H,6,11-15H2,1-5H3,(H,25,30)(H,26,32). The summed E-state index contributed by atoms with van der Waals surface area (Å²) in [6.45, 7) is 10.4. The van der Waals surface area contributed by atoms with Crippen LogP contribution in [0, 0.1) is 11.3 Å². The molecule has 1 aliphatic carbocycles. The van der Waals surface area contributed by atoms with Crippen LogP contribution < -0.4 is 10.6 Å². The molecule has 5 amide bonds. The normalized spacial score (nSPS) is 24.4. The van der Waals surface area contributed by atoms with Crippen LogP contribution in [-0.2, 0) is 20.9 Å². The van der Waals surface area contributed by atoms with Crippen LogP contribution >= 0.6 is 0 Å². The van der Waals surface area contributed by atoms with E-state index in [1.54, 1.807) is 23.1 Å². The van der Waals surface area contributed by atoms with E-state index >= 15 is 0 Å². The topological polar surface area (TPSA) is 98.8 Å². The number of amides is 5. The summed E-state index contributed by atoms with van der Waals surface area (Å²) in [4.78, 5) is 52.9. The van der Waals surface area contributed by atoms with E-state index in [1.165, 1.54) is 6.92 Å². The third kappa shape index (κ3) is 5.11. The Labute approximate surface area is 189 Å². The van der Waals surface area contributed by atoms with Crippen LogP contribution in [0.3, 0.4) is 0 Å². The maximum atomic E-state index is 13.2. The summed E-state index contributed by atoms with van der Waals surface area (Å²) >= 11 is 0. The summed E-state index contributed by atoms with van der Waals surface area (Å²) < 4.78 is 0. The molecular formula is C24H34N4O4. The zero-order valence-electron chi connectivity index (χ0n) is 19.7. The number of carbonyl (C=O) groups excluding carboxylic acids is 4. The van der Waals surface area contributed by atoms with Crippen molar-refractivity contribution in [2.45, 2.75) is 66.0 Å². The van der Waals surface area contributed by atoms with Crippen molar-refractivity contribution in [2.24, 2.45) is 11.3 Å². The van der Waals surface area contributed by atoms with Crippen LogP contribution in [0.25, 0.3) is 0 Å². The van der Waals surface area contributed by atoms with E-state index in [1.807, 2.05) is 13.0 Å². The van der Waals surface area contributed by atoms with Crippen LogP contribution in [0.1, 0.15) is 59.4 Å². The van der Waals surface area contributed by atoms with Gasteiger partial charge in [0.15, 0.2) is 0 Å². The molecule has 1 heterocycles. The van der Waals surface area contributed by atoms with Crippen molar-refractivity contribution in [1.82, 2.24) is 15.1 Å². The number of nitrogens with one attached hydrogen (secondary N) is 2. The minimum Gasteiger partial charge on any atom is -0.339 e. The van der Waals surface area contributed by atoms with Crippen molar-refractivity contribution in [3.63, 3.8) is 0 Å². The minimum atomic E-state index is -0.922. The first-order valence-electron chi connectivity index (χ1n) is 11.2. The molecule has 0 aromatic heterocycles. The molecule has 2 unspecified atom stereocenters. The lowest BCUT2D eigenvalue weighted by Gasteiger charge is -2.43. The first-order valence-corrected chi connectivity index (χ1v) is 11.2. The zero-order chi connectivity index (χ0) is 23.7. The van der Waals surface area contributed by atoms with Crippen molar-refractivity contribution in [3.8, 4) is 0 Å². The molecule has 1 spiro atoms. The van der Waals surface area contributed by atoms with E-state index in [-0.39, 0.29) is 23.8 Å². The number of anilines is 1. The van der Waals surface area contributed by atoms with Gasteiger partial charge in [0.25, 0.3) is 5.91 Å². The minimum absolute atomic E-state index is 0.0189. The highest BCUT2D eigenvalue weighted by Crippen LogP contribution is 2.46. The molecule has 2 N–H and O–H groups in total. The molecule has 1 aliphatic heterocycles. The van der Waals surface area contributed by atoms with Gasteiger partial charge in [0.05, 0.1) is 0 Å². The lowest BCUT2D eigenvalue weighted by Crippen LogP contribution is -2.54. The molecular weight excluding hydrogens is 408 g/mol. The number of carbonyl (C=O) groups is 4. The lowest BCUT2D eigenvalue weighted by atomic mass is 9.64. The fourth-order valence-electron chi connectivity index (χ4n) is 5.41. The van der Waals surface area contributed by atoms with Crippen molar-refractivity contribution in [1.29, 1.82) is 0 Å². The van der Waals surface area contributed by atoms with Gasteiger partial charge in [-0.15, -0.1) is 0 Å². The van der Waals surface area contributed by atoms with Crippen LogP contribution in [0.4, 0.5) is 10.5 Å². The second-order valence-corrected chi connectivity index (χ2v) is 10.0. The third-order valence-corrected chi connectivity index (χ3v) is 6.34. The molecule has 32 heavy (non-hydrogen) atoms. The monoisotopic (exact) mass is 442 g/mol. The molecule has 1 aromatic carbocycles. The summed E-state index contributed by atoms with van der Waals surface area (Å²) in [5, 5.41) is 5.66. The number of benzene rings is 1. The summed E-state index contributed by atoms with van der Waals surface area (Å²) in [6, 6.07) is 6.71. The second kappa shape index (κ2) is 8.92. The average Bonchev–Trinajstić information content (AvgIpc) is 2.87. The summed E-state index contributed by atoms with van der Waals surface area (Å²) in [7, 11) is 0. The van der Waals surface area contributed by atoms with Gasteiger partial charge < -0.3 is 15.5 Å². The van der Waals surface area contributed by atoms with Crippen LogP contribution in [0.5, 0.6) is 0 Å². The van der Waals surface area contributed by atoms with Gasteiger partial charge in [-0.2, -0.15) is 0 Å². The van der Waals surface area contributed by atoms with Gasteiger partial charge in [-0.3, -0.25) is 19.3 Å².